The SMILES string of the molecule is O=C1CCC(NC(=O)CSCc2ccc(Cl)s2)CN1. The standard InChI is InChI=1S/C12H15ClN2O2S2/c13-10-3-2-9(19-10)6-18-7-12(17)15-8-1-4-11(16)14-5-8/h2-3,8H,1,4-7H2,(H,14,16)(H,15,17). The van der Waals surface area contributed by atoms with Crippen molar-refractivity contribution >= 4 is 46.5 Å². The fourth-order valence-corrected chi connectivity index (χ4v) is 3.84. The van der Waals surface area contributed by atoms with E-state index in [1.807, 2.05) is 12.1 Å². The molecule has 2 N–H and O–H groups in total. The number of amides is 2. The number of hydrogen-bond acceptors (Lipinski definition) is 4. The summed E-state index contributed by atoms with van der Waals surface area (Å²) in [6.45, 7) is 0.537. The molecule has 0 aliphatic carbocycles. The van der Waals surface area contributed by atoms with Gasteiger partial charge in [0.05, 0.1) is 10.1 Å². The van der Waals surface area contributed by atoms with Gasteiger partial charge in [-0.05, 0) is 18.6 Å². The normalized spacial score (nSPS) is 19.0. The van der Waals surface area contributed by atoms with Gasteiger partial charge in [0.2, 0.25) is 11.8 Å². The van der Waals surface area contributed by atoms with Crippen molar-refractivity contribution in [3.05, 3.63) is 21.3 Å². The first kappa shape index (κ1) is 14.7. The molecule has 1 aliphatic rings. The van der Waals surface area contributed by atoms with Crippen molar-refractivity contribution in [3.8, 4) is 0 Å². The summed E-state index contributed by atoms with van der Waals surface area (Å²) in [6, 6.07) is 3.92. The predicted octanol–water partition coefficient (Wildman–Crippen LogP) is 2.03. The van der Waals surface area contributed by atoms with Crippen molar-refractivity contribution in [3.63, 3.8) is 0 Å². The molecule has 2 rings (SSSR count). The Hall–Kier alpha value is -0.720. The molecule has 0 bridgehead atoms. The van der Waals surface area contributed by atoms with Crippen LogP contribution in [0.3, 0.4) is 0 Å². The average molecular weight is 319 g/mol. The molecule has 0 saturated carbocycles. The Labute approximate surface area is 125 Å². The molecule has 1 aromatic rings. The van der Waals surface area contributed by atoms with Crippen molar-refractivity contribution in [1.82, 2.24) is 10.6 Å². The Bertz CT molecular complexity index is 454. The highest BCUT2D eigenvalue weighted by atomic mass is 35.5. The molecule has 1 saturated heterocycles. The molecule has 1 atom stereocenters. The molecule has 1 aliphatic heterocycles. The van der Waals surface area contributed by atoms with Crippen LogP contribution in [0.1, 0.15) is 17.7 Å². The van der Waals surface area contributed by atoms with Gasteiger partial charge in [-0.1, -0.05) is 11.6 Å². The van der Waals surface area contributed by atoms with E-state index in [4.69, 9.17) is 11.6 Å². The first-order chi connectivity index (χ1) is 9.13. The maximum atomic E-state index is 11.7. The second-order valence-electron chi connectivity index (χ2n) is 4.31. The second-order valence-corrected chi connectivity index (χ2v) is 7.09. The van der Waals surface area contributed by atoms with Crippen molar-refractivity contribution in [2.24, 2.45) is 0 Å². The van der Waals surface area contributed by atoms with Crippen LogP contribution in [0.25, 0.3) is 0 Å². The Morgan fingerprint density at radius 2 is 2.42 bits per heavy atom. The minimum absolute atomic E-state index is 0.0220. The molecular formula is C12H15ClN2O2S2. The Morgan fingerprint density at radius 3 is 3.05 bits per heavy atom. The van der Waals surface area contributed by atoms with Crippen LogP contribution in [0.2, 0.25) is 4.34 Å². The van der Waals surface area contributed by atoms with E-state index in [1.54, 1.807) is 23.1 Å². The first-order valence-electron chi connectivity index (χ1n) is 6.01. The van der Waals surface area contributed by atoms with Crippen LogP contribution >= 0.6 is 34.7 Å². The molecule has 4 nitrogen and oxygen atoms in total. The second kappa shape index (κ2) is 7.17. The molecule has 2 heterocycles. The van der Waals surface area contributed by atoms with E-state index in [0.29, 0.717) is 18.7 Å². The van der Waals surface area contributed by atoms with Crippen LogP contribution in [-0.4, -0.2) is 30.2 Å². The van der Waals surface area contributed by atoms with E-state index >= 15 is 0 Å². The van der Waals surface area contributed by atoms with Gasteiger partial charge in [0, 0.05) is 29.6 Å². The highest BCUT2D eigenvalue weighted by Crippen LogP contribution is 2.25. The third-order valence-corrected chi connectivity index (χ3v) is 5.13. The molecule has 0 spiro atoms. The fraction of sp³-hybridized carbons (Fsp3) is 0.500. The monoisotopic (exact) mass is 318 g/mol. The molecule has 1 aromatic heterocycles. The number of halogens is 1. The number of hydrogen-bond donors (Lipinski definition) is 2. The zero-order valence-corrected chi connectivity index (χ0v) is 12.7. The minimum atomic E-state index is 0.0220. The molecule has 1 unspecified atom stereocenters. The van der Waals surface area contributed by atoms with Crippen molar-refractivity contribution in [2.45, 2.75) is 24.6 Å². The smallest absolute Gasteiger partial charge is 0.230 e. The van der Waals surface area contributed by atoms with Crippen molar-refractivity contribution in [1.29, 1.82) is 0 Å². The maximum absolute atomic E-state index is 11.7. The highest BCUT2D eigenvalue weighted by molar-refractivity contribution is 7.99. The van der Waals surface area contributed by atoms with Gasteiger partial charge in [0.1, 0.15) is 0 Å². The topological polar surface area (TPSA) is 58.2 Å². The average Bonchev–Trinajstić information content (AvgIpc) is 2.78. The molecule has 7 heteroatoms. The molecule has 0 radical (unpaired) electrons. The quantitative estimate of drug-likeness (QED) is 0.873. The largest absolute Gasteiger partial charge is 0.354 e. The van der Waals surface area contributed by atoms with Crippen LogP contribution in [-0.2, 0) is 15.3 Å². The highest BCUT2D eigenvalue weighted by Gasteiger charge is 2.19. The summed E-state index contributed by atoms with van der Waals surface area (Å²) >= 11 is 8.95. The fourth-order valence-electron chi connectivity index (χ4n) is 1.80. The summed E-state index contributed by atoms with van der Waals surface area (Å²) in [5, 5.41) is 5.68. The predicted molar refractivity (Wildman–Crippen MR) is 79.7 cm³/mol. The van der Waals surface area contributed by atoms with E-state index in [0.717, 1.165) is 16.5 Å². The molecule has 104 valence electrons. The number of nitrogens with one attached hydrogen (secondary N) is 2. The molecule has 1 fully saturated rings. The van der Waals surface area contributed by atoms with E-state index < -0.39 is 0 Å². The summed E-state index contributed by atoms with van der Waals surface area (Å²) in [6.07, 6.45) is 1.22. The third-order valence-electron chi connectivity index (χ3n) is 2.74. The van der Waals surface area contributed by atoms with Gasteiger partial charge < -0.3 is 10.6 Å². The lowest BCUT2D eigenvalue weighted by Gasteiger charge is -2.23. The lowest BCUT2D eigenvalue weighted by molar-refractivity contribution is -0.124. The zero-order chi connectivity index (χ0) is 13.7. The maximum Gasteiger partial charge on any atom is 0.230 e. The number of carbonyl (C=O) groups is 2. The van der Waals surface area contributed by atoms with Crippen LogP contribution in [0.15, 0.2) is 12.1 Å². The van der Waals surface area contributed by atoms with Gasteiger partial charge in [-0.3, -0.25) is 9.59 Å². The van der Waals surface area contributed by atoms with E-state index in [1.165, 1.54) is 4.88 Å². The lowest BCUT2D eigenvalue weighted by atomic mass is 10.1. The van der Waals surface area contributed by atoms with Gasteiger partial charge in [-0.25, -0.2) is 0 Å². The zero-order valence-electron chi connectivity index (χ0n) is 10.3. The van der Waals surface area contributed by atoms with Crippen LogP contribution in [0, 0.1) is 0 Å². The summed E-state index contributed by atoms with van der Waals surface area (Å²) in [5.41, 5.74) is 0. The van der Waals surface area contributed by atoms with Gasteiger partial charge >= 0.3 is 0 Å². The Morgan fingerprint density at radius 1 is 1.58 bits per heavy atom. The van der Waals surface area contributed by atoms with Gasteiger partial charge in [0.25, 0.3) is 0 Å². The minimum Gasteiger partial charge on any atom is -0.354 e. The van der Waals surface area contributed by atoms with E-state index in [2.05, 4.69) is 10.6 Å². The summed E-state index contributed by atoms with van der Waals surface area (Å²) < 4.78 is 0.776. The molecular weight excluding hydrogens is 304 g/mol. The first-order valence-corrected chi connectivity index (χ1v) is 8.36. The number of rotatable bonds is 5. The van der Waals surface area contributed by atoms with Gasteiger partial charge in [0.15, 0.2) is 0 Å². The summed E-state index contributed by atoms with van der Waals surface area (Å²) in [5.74, 6) is 1.31. The Balaban J connectivity index is 1.63. The Kier molecular flexibility index (Phi) is 5.54. The van der Waals surface area contributed by atoms with Crippen molar-refractivity contribution < 1.29 is 9.59 Å². The van der Waals surface area contributed by atoms with Crippen LogP contribution in [0.4, 0.5) is 0 Å². The van der Waals surface area contributed by atoms with Crippen LogP contribution in [0.5, 0.6) is 0 Å². The van der Waals surface area contributed by atoms with E-state index in [9.17, 15) is 9.59 Å². The summed E-state index contributed by atoms with van der Waals surface area (Å²) in [4.78, 5) is 23.9. The number of thiophene rings is 1. The van der Waals surface area contributed by atoms with Gasteiger partial charge in [-0.2, -0.15) is 0 Å². The number of thioether (sulfide) groups is 1. The molecule has 2 amide bonds. The number of carbonyl (C=O) groups excluding carboxylic acids is 2. The summed E-state index contributed by atoms with van der Waals surface area (Å²) in [7, 11) is 0. The molecule has 0 aromatic carbocycles. The molecule has 19 heavy (non-hydrogen) atoms. The van der Waals surface area contributed by atoms with Gasteiger partial charge in [-0.15, -0.1) is 23.1 Å². The third kappa shape index (κ3) is 5.04. The van der Waals surface area contributed by atoms with Crippen molar-refractivity contribution in [2.75, 3.05) is 12.3 Å². The van der Waals surface area contributed by atoms with E-state index in [-0.39, 0.29) is 17.9 Å². The lowest BCUT2D eigenvalue weighted by Crippen LogP contribution is -2.48. The van der Waals surface area contributed by atoms with Crippen LogP contribution < -0.4 is 10.6 Å². The number of piperidine rings is 1.